The number of benzene rings is 2. The van der Waals surface area contributed by atoms with Crippen LogP contribution < -0.4 is 0 Å². The van der Waals surface area contributed by atoms with Crippen LogP contribution in [0.15, 0.2) is 42.5 Å². The van der Waals surface area contributed by atoms with Gasteiger partial charge in [0.25, 0.3) is 0 Å². The Morgan fingerprint density at radius 2 is 1.80 bits per heavy atom. The molecule has 0 amide bonds. The van der Waals surface area contributed by atoms with Crippen LogP contribution in [0.2, 0.25) is 0 Å². The van der Waals surface area contributed by atoms with E-state index in [1.165, 1.54) is 26.1 Å². The van der Waals surface area contributed by atoms with Gasteiger partial charge in [-0.25, -0.2) is 0 Å². The highest BCUT2D eigenvalue weighted by molar-refractivity contribution is 7.22. The summed E-state index contributed by atoms with van der Waals surface area (Å²) < 4.78 is 3.45. The lowest BCUT2D eigenvalue weighted by molar-refractivity contribution is 0.0909. The molecule has 0 unspecified atom stereocenters. The Balaban J connectivity index is 2.03. The summed E-state index contributed by atoms with van der Waals surface area (Å²) in [5, 5.41) is 2.30. The fourth-order valence-electron chi connectivity index (χ4n) is 4.31. The van der Waals surface area contributed by atoms with E-state index in [4.69, 9.17) is 0 Å². The number of carbonyl (C=O) groups excluding carboxylic acids is 1. The van der Waals surface area contributed by atoms with E-state index in [1.807, 2.05) is 11.3 Å². The van der Waals surface area contributed by atoms with Crippen molar-refractivity contribution < 1.29 is 4.79 Å². The molecule has 0 spiro atoms. The number of carbonyl (C=O) groups is 1. The molecule has 0 radical (unpaired) electrons. The molecule has 124 valence electrons. The summed E-state index contributed by atoms with van der Waals surface area (Å²) in [5.74, 6) is 0.231. The molecule has 0 saturated carbocycles. The van der Waals surface area contributed by atoms with Crippen molar-refractivity contribution in [2.75, 3.05) is 0 Å². The molecule has 0 N–H and O–H groups in total. The molecule has 2 aromatic carbocycles. The van der Waals surface area contributed by atoms with Crippen molar-refractivity contribution in [2.45, 2.75) is 26.2 Å². The zero-order valence-corrected chi connectivity index (χ0v) is 15.6. The average Bonchev–Trinajstić information content (AvgIpc) is 3.09. The van der Waals surface area contributed by atoms with E-state index in [0.29, 0.717) is 0 Å². The Bertz CT molecular complexity index is 1210. The molecule has 2 heterocycles. The molecule has 4 aromatic rings. The quantitative estimate of drug-likeness (QED) is 0.392. The minimum absolute atomic E-state index is 0.231. The van der Waals surface area contributed by atoms with Crippen LogP contribution in [-0.2, 0) is 12.5 Å². The zero-order valence-electron chi connectivity index (χ0n) is 14.8. The second kappa shape index (κ2) is 4.61. The summed E-state index contributed by atoms with van der Waals surface area (Å²) in [6.45, 7) is 6.23. The predicted octanol–water partition coefficient (Wildman–Crippen LogP) is 5.84. The highest BCUT2D eigenvalue weighted by Gasteiger charge is 2.44. The van der Waals surface area contributed by atoms with Crippen molar-refractivity contribution >= 4 is 38.1 Å². The van der Waals surface area contributed by atoms with Crippen molar-refractivity contribution in [3.8, 4) is 10.6 Å². The number of hydrogen-bond acceptors (Lipinski definition) is 2. The Morgan fingerprint density at radius 1 is 1.04 bits per heavy atom. The van der Waals surface area contributed by atoms with Crippen LogP contribution in [0.5, 0.6) is 0 Å². The first-order valence-corrected chi connectivity index (χ1v) is 9.39. The highest BCUT2D eigenvalue weighted by atomic mass is 32.1. The summed E-state index contributed by atoms with van der Waals surface area (Å²) in [4.78, 5) is 14.8. The van der Waals surface area contributed by atoms with Gasteiger partial charge in [-0.15, -0.1) is 11.3 Å². The van der Waals surface area contributed by atoms with E-state index in [9.17, 15) is 4.79 Å². The minimum Gasteiger partial charge on any atom is -0.342 e. The van der Waals surface area contributed by atoms with E-state index in [2.05, 4.69) is 74.9 Å². The fraction of sp³-hybridized carbons (Fsp3) is 0.227. The molecule has 0 aliphatic heterocycles. The summed E-state index contributed by atoms with van der Waals surface area (Å²) in [6.07, 6.45) is 0. The predicted molar refractivity (Wildman–Crippen MR) is 106 cm³/mol. The number of Topliss-reactive ketones (excluding diaryl/α,β-unsaturated/α-hetero) is 1. The van der Waals surface area contributed by atoms with Gasteiger partial charge in [-0.05, 0) is 49.9 Å². The van der Waals surface area contributed by atoms with Gasteiger partial charge < -0.3 is 4.57 Å². The highest BCUT2D eigenvalue weighted by Crippen LogP contribution is 2.52. The summed E-state index contributed by atoms with van der Waals surface area (Å²) in [7, 11) is 2.08. The molecule has 0 fully saturated rings. The van der Waals surface area contributed by atoms with E-state index >= 15 is 0 Å². The normalized spacial score (nSPS) is 15.6. The van der Waals surface area contributed by atoms with Crippen LogP contribution in [0.25, 0.3) is 31.6 Å². The molecule has 25 heavy (non-hydrogen) atoms. The van der Waals surface area contributed by atoms with Gasteiger partial charge in [0, 0.05) is 22.7 Å². The third-order valence-electron chi connectivity index (χ3n) is 5.59. The number of hydrogen-bond donors (Lipinski definition) is 0. The molecule has 2 aromatic heterocycles. The maximum atomic E-state index is 13.6. The summed E-state index contributed by atoms with van der Waals surface area (Å²) in [5.41, 5.74) is 4.97. The fourth-order valence-corrected chi connectivity index (χ4v) is 5.76. The topological polar surface area (TPSA) is 22.0 Å². The van der Waals surface area contributed by atoms with Crippen molar-refractivity contribution in [2.24, 2.45) is 7.05 Å². The standard InChI is InChI=1S/C22H19NOS/c1-12-9-10-15-14(11-12)17-19(23(15)4)20-18(22(2,3)21(17)24)13-7-5-6-8-16(13)25-20/h5-11H,1-4H3. The number of thiophene rings is 1. The lowest BCUT2D eigenvalue weighted by atomic mass is 9.72. The van der Waals surface area contributed by atoms with Crippen molar-refractivity contribution in [3.63, 3.8) is 0 Å². The summed E-state index contributed by atoms with van der Waals surface area (Å²) in [6, 6.07) is 14.9. The van der Waals surface area contributed by atoms with E-state index in [1.54, 1.807) is 0 Å². The van der Waals surface area contributed by atoms with E-state index < -0.39 is 5.41 Å². The smallest absolute Gasteiger partial charge is 0.175 e. The van der Waals surface area contributed by atoms with Gasteiger partial charge in [0.1, 0.15) is 0 Å². The van der Waals surface area contributed by atoms with Crippen LogP contribution in [0.1, 0.15) is 35.3 Å². The van der Waals surface area contributed by atoms with Gasteiger partial charge in [-0.2, -0.15) is 0 Å². The first-order chi connectivity index (χ1) is 11.9. The number of nitrogens with zero attached hydrogens (tertiary/aromatic N) is 1. The van der Waals surface area contributed by atoms with Crippen molar-refractivity contribution in [1.82, 2.24) is 4.57 Å². The van der Waals surface area contributed by atoms with Gasteiger partial charge in [0.2, 0.25) is 0 Å². The summed E-state index contributed by atoms with van der Waals surface area (Å²) >= 11 is 1.81. The Labute approximate surface area is 150 Å². The maximum absolute atomic E-state index is 13.6. The van der Waals surface area contributed by atoms with E-state index in [0.717, 1.165) is 22.2 Å². The number of aryl methyl sites for hydroxylation is 2. The molecule has 5 rings (SSSR count). The molecule has 1 aliphatic rings. The van der Waals surface area contributed by atoms with Crippen molar-refractivity contribution in [3.05, 3.63) is 59.2 Å². The van der Waals surface area contributed by atoms with Gasteiger partial charge in [-0.1, -0.05) is 29.8 Å². The zero-order chi connectivity index (χ0) is 17.5. The average molecular weight is 345 g/mol. The number of fused-ring (bicyclic) bond motifs is 7. The van der Waals surface area contributed by atoms with E-state index in [-0.39, 0.29) is 5.78 Å². The molecule has 1 aliphatic carbocycles. The Kier molecular flexibility index (Phi) is 2.75. The largest absolute Gasteiger partial charge is 0.342 e. The third-order valence-corrected chi connectivity index (χ3v) is 6.76. The monoisotopic (exact) mass is 345 g/mol. The van der Waals surface area contributed by atoms with Crippen LogP contribution in [0, 0.1) is 6.92 Å². The van der Waals surface area contributed by atoms with Gasteiger partial charge in [0.05, 0.1) is 21.5 Å². The van der Waals surface area contributed by atoms with Gasteiger partial charge in [0.15, 0.2) is 5.78 Å². The second-order valence-corrected chi connectivity index (χ2v) is 8.61. The lowest BCUT2D eigenvalue weighted by Gasteiger charge is -2.29. The van der Waals surface area contributed by atoms with Gasteiger partial charge >= 0.3 is 0 Å². The van der Waals surface area contributed by atoms with Crippen LogP contribution in [0.4, 0.5) is 0 Å². The molecule has 3 heteroatoms. The molecule has 0 saturated heterocycles. The van der Waals surface area contributed by atoms with Crippen LogP contribution in [-0.4, -0.2) is 10.4 Å². The molecule has 0 bridgehead atoms. The van der Waals surface area contributed by atoms with Crippen LogP contribution >= 0.6 is 11.3 Å². The lowest BCUT2D eigenvalue weighted by Crippen LogP contribution is -2.32. The van der Waals surface area contributed by atoms with Crippen molar-refractivity contribution in [1.29, 1.82) is 0 Å². The van der Waals surface area contributed by atoms with Gasteiger partial charge in [-0.3, -0.25) is 4.79 Å². The first kappa shape index (κ1) is 14.9. The molecule has 2 nitrogen and oxygen atoms in total. The Hall–Kier alpha value is -2.39. The molecular formula is C22H19NOS. The second-order valence-electron chi connectivity index (χ2n) is 7.56. The Morgan fingerprint density at radius 3 is 2.60 bits per heavy atom. The number of aromatic nitrogens is 1. The minimum atomic E-state index is -0.514. The SMILES string of the molecule is Cc1ccc2c(c1)c1c(n2C)-c2sc3ccccc3c2C(C)(C)C1=O. The number of ketones is 1. The third kappa shape index (κ3) is 1.72. The van der Waals surface area contributed by atoms with Crippen LogP contribution in [0.3, 0.4) is 0 Å². The number of rotatable bonds is 0. The molecule has 0 atom stereocenters. The first-order valence-electron chi connectivity index (χ1n) is 8.57. The maximum Gasteiger partial charge on any atom is 0.175 e. The molecular weight excluding hydrogens is 326 g/mol.